The van der Waals surface area contributed by atoms with E-state index in [2.05, 4.69) is 25.1 Å². The third-order valence-electron chi connectivity index (χ3n) is 4.00. The molecule has 10 heteroatoms. The summed E-state index contributed by atoms with van der Waals surface area (Å²) in [6, 6.07) is 10.2. The summed E-state index contributed by atoms with van der Waals surface area (Å²) >= 11 is 1.25. The zero-order valence-corrected chi connectivity index (χ0v) is 15.7. The Morgan fingerprint density at radius 2 is 1.76 bits per heavy atom. The van der Waals surface area contributed by atoms with Crippen LogP contribution in [0.3, 0.4) is 0 Å². The topological polar surface area (TPSA) is 77.6 Å². The molecule has 4 rings (SSSR count). The van der Waals surface area contributed by atoms with Gasteiger partial charge in [0.1, 0.15) is 5.03 Å². The molecule has 3 aromatic heterocycles. The van der Waals surface area contributed by atoms with Crippen molar-refractivity contribution in [3.05, 3.63) is 60.5 Å². The standard InChI is InChI=1S/C19H14F3N5OS/c20-19(21,22)18-24-14-5-2-1-4-13(14)17(26-18)29-11-3-6-15-25-16(27-28-15)12-7-9-23-10-8-12/h1-2,4-5,7-10H,3,6,11H2. The third kappa shape index (κ3) is 4.53. The second-order valence-corrected chi connectivity index (χ2v) is 7.15. The first-order valence-electron chi connectivity index (χ1n) is 8.70. The van der Waals surface area contributed by atoms with Crippen LogP contribution in [0.15, 0.2) is 58.3 Å². The molecule has 148 valence electrons. The minimum atomic E-state index is -4.59. The predicted molar refractivity (Wildman–Crippen MR) is 101 cm³/mol. The average molecular weight is 417 g/mol. The van der Waals surface area contributed by atoms with Gasteiger partial charge in [-0.25, -0.2) is 9.97 Å². The van der Waals surface area contributed by atoms with Crippen molar-refractivity contribution in [3.63, 3.8) is 0 Å². The molecule has 4 aromatic rings. The molecule has 0 aliphatic carbocycles. The zero-order chi connectivity index (χ0) is 20.3. The van der Waals surface area contributed by atoms with E-state index in [-0.39, 0.29) is 5.52 Å². The van der Waals surface area contributed by atoms with Gasteiger partial charge in [0.05, 0.1) is 5.52 Å². The Kier molecular flexibility index (Phi) is 5.43. The number of benzene rings is 1. The largest absolute Gasteiger partial charge is 0.451 e. The maximum Gasteiger partial charge on any atom is 0.451 e. The normalized spacial score (nSPS) is 11.8. The number of fused-ring (bicyclic) bond motifs is 1. The molecule has 0 amide bonds. The summed E-state index contributed by atoms with van der Waals surface area (Å²) in [5, 5.41) is 4.85. The Bertz CT molecular complexity index is 1120. The molecule has 6 nitrogen and oxygen atoms in total. The Morgan fingerprint density at radius 3 is 2.55 bits per heavy atom. The second kappa shape index (κ2) is 8.16. The van der Waals surface area contributed by atoms with Gasteiger partial charge >= 0.3 is 6.18 Å². The van der Waals surface area contributed by atoms with Gasteiger partial charge in [-0.1, -0.05) is 23.4 Å². The molecular formula is C19H14F3N5OS. The number of hydrogen-bond donors (Lipinski definition) is 0. The van der Waals surface area contributed by atoms with Crippen molar-refractivity contribution in [1.82, 2.24) is 25.1 Å². The van der Waals surface area contributed by atoms with Crippen LogP contribution in [0.4, 0.5) is 13.2 Å². The molecule has 0 unspecified atom stereocenters. The van der Waals surface area contributed by atoms with Crippen molar-refractivity contribution in [2.24, 2.45) is 0 Å². The predicted octanol–water partition coefficient (Wildman–Crippen LogP) is 4.82. The van der Waals surface area contributed by atoms with Gasteiger partial charge in [0, 0.05) is 35.5 Å². The Labute approximate surface area is 167 Å². The highest BCUT2D eigenvalue weighted by Crippen LogP contribution is 2.32. The second-order valence-electron chi connectivity index (χ2n) is 6.07. The smallest absolute Gasteiger partial charge is 0.339 e. The fourth-order valence-corrected chi connectivity index (χ4v) is 3.61. The number of aryl methyl sites for hydroxylation is 1. The number of rotatable bonds is 6. The van der Waals surface area contributed by atoms with E-state index in [0.29, 0.717) is 40.7 Å². The number of halogens is 3. The van der Waals surface area contributed by atoms with E-state index in [4.69, 9.17) is 4.52 Å². The Balaban J connectivity index is 1.42. The molecule has 29 heavy (non-hydrogen) atoms. The zero-order valence-electron chi connectivity index (χ0n) is 14.9. The average Bonchev–Trinajstić information content (AvgIpc) is 3.20. The van der Waals surface area contributed by atoms with Gasteiger partial charge < -0.3 is 4.52 Å². The first kappa shape index (κ1) is 19.3. The lowest BCUT2D eigenvalue weighted by molar-refractivity contribution is -0.145. The van der Waals surface area contributed by atoms with E-state index in [0.717, 1.165) is 5.56 Å². The van der Waals surface area contributed by atoms with E-state index in [1.54, 1.807) is 48.8 Å². The first-order chi connectivity index (χ1) is 14.0. The first-order valence-corrected chi connectivity index (χ1v) is 9.69. The van der Waals surface area contributed by atoms with Gasteiger partial charge in [0.15, 0.2) is 0 Å². The molecule has 3 heterocycles. The summed E-state index contributed by atoms with van der Waals surface area (Å²) in [7, 11) is 0. The van der Waals surface area contributed by atoms with Crippen LogP contribution in [0.5, 0.6) is 0 Å². The van der Waals surface area contributed by atoms with Crippen molar-refractivity contribution in [2.75, 3.05) is 5.75 Å². The monoisotopic (exact) mass is 417 g/mol. The molecule has 0 aliphatic heterocycles. The highest BCUT2D eigenvalue weighted by Gasteiger charge is 2.35. The van der Waals surface area contributed by atoms with Crippen LogP contribution < -0.4 is 0 Å². The van der Waals surface area contributed by atoms with Crippen molar-refractivity contribution in [2.45, 2.75) is 24.0 Å². The number of nitrogens with zero attached hydrogens (tertiary/aromatic N) is 5. The van der Waals surface area contributed by atoms with Crippen LogP contribution in [-0.4, -0.2) is 30.8 Å². The molecule has 0 radical (unpaired) electrons. The minimum Gasteiger partial charge on any atom is -0.339 e. The number of hydrogen-bond acceptors (Lipinski definition) is 7. The number of alkyl halides is 3. The lowest BCUT2D eigenvalue weighted by atomic mass is 10.2. The molecule has 0 aliphatic rings. The lowest BCUT2D eigenvalue weighted by Crippen LogP contribution is -2.11. The van der Waals surface area contributed by atoms with Gasteiger partial charge in [-0.2, -0.15) is 18.2 Å². The molecule has 0 saturated heterocycles. The fourth-order valence-electron chi connectivity index (χ4n) is 2.65. The van der Waals surface area contributed by atoms with Gasteiger partial charge in [-0.05, 0) is 24.6 Å². The van der Waals surface area contributed by atoms with E-state index in [9.17, 15) is 13.2 Å². The van der Waals surface area contributed by atoms with E-state index in [1.165, 1.54) is 11.8 Å². The number of thioether (sulfide) groups is 1. The molecule has 0 bridgehead atoms. The van der Waals surface area contributed by atoms with Crippen molar-refractivity contribution in [3.8, 4) is 11.4 Å². The molecule has 0 saturated carbocycles. The van der Waals surface area contributed by atoms with Crippen LogP contribution in [0.25, 0.3) is 22.3 Å². The highest BCUT2D eigenvalue weighted by atomic mass is 32.2. The summed E-state index contributed by atoms with van der Waals surface area (Å²) in [4.78, 5) is 15.6. The van der Waals surface area contributed by atoms with Crippen molar-refractivity contribution in [1.29, 1.82) is 0 Å². The Morgan fingerprint density at radius 1 is 0.966 bits per heavy atom. The lowest BCUT2D eigenvalue weighted by Gasteiger charge is -2.10. The maximum absolute atomic E-state index is 13.1. The summed E-state index contributed by atoms with van der Waals surface area (Å²) < 4.78 is 44.5. The van der Waals surface area contributed by atoms with Gasteiger partial charge in [-0.15, -0.1) is 11.8 Å². The van der Waals surface area contributed by atoms with Gasteiger partial charge in [0.25, 0.3) is 0 Å². The molecule has 0 atom stereocenters. The van der Waals surface area contributed by atoms with Crippen LogP contribution in [0.2, 0.25) is 0 Å². The summed E-state index contributed by atoms with van der Waals surface area (Å²) in [6.07, 6.45) is -0.151. The quantitative estimate of drug-likeness (QED) is 0.253. The van der Waals surface area contributed by atoms with Crippen LogP contribution >= 0.6 is 11.8 Å². The molecule has 0 fully saturated rings. The summed E-state index contributed by atoms with van der Waals surface area (Å²) in [5.41, 5.74) is 1.08. The minimum absolute atomic E-state index is 0.274. The fraction of sp³-hybridized carbons (Fsp3) is 0.211. The maximum atomic E-state index is 13.1. The number of pyridine rings is 1. The molecular weight excluding hydrogens is 403 g/mol. The van der Waals surface area contributed by atoms with Crippen LogP contribution in [0.1, 0.15) is 18.1 Å². The third-order valence-corrected chi connectivity index (χ3v) is 5.08. The van der Waals surface area contributed by atoms with E-state index in [1.807, 2.05) is 0 Å². The van der Waals surface area contributed by atoms with Crippen molar-refractivity contribution < 1.29 is 17.7 Å². The summed E-state index contributed by atoms with van der Waals surface area (Å²) in [6.45, 7) is 0. The van der Waals surface area contributed by atoms with E-state index < -0.39 is 12.0 Å². The SMILES string of the molecule is FC(F)(F)c1nc(SCCCc2nc(-c3ccncc3)no2)c2ccccc2n1. The van der Waals surface area contributed by atoms with Crippen molar-refractivity contribution >= 4 is 22.7 Å². The highest BCUT2D eigenvalue weighted by molar-refractivity contribution is 7.99. The molecule has 0 spiro atoms. The molecule has 0 N–H and O–H groups in total. The molecule has 1 aromatic carbocycles. The summed E-state index contributed by atoms with van der Waals surface area (Å²) in [5.74, 6) is 0.371. The van der Waals surface area contributed by atoms with Crippen LogP contribution in [0, 0.1) is 0 Å². The number of para-hydroxylation sites is 1. The number of aromatic nitrogens is 5. The van der Waals surface area contributed by atoms with Gasteiger partial charge in [-0.3, -0.25) is 4.98 Å². The van der Waals surface area contributed by atoms with Gasteiger partial charge in [0.2, 0.25) is 17.5 Å². The van der Waals surface area contributed by atoms with Crippen LogP contribution in [-0.2, 0) is 12.6 Å². The Hall–Kier alpha value is -3.01. The van der Waals surface area contributed by atoms with E-state index >= 15 is 0 Å².